The molecule has 2 rings (SSSR count). The molecule has 1 heteroatoms. The first-order valence-electron chi connectivity index (χ1n) is 9.87. The van der Waals surface area contributed by atoms with Gasteiger partial charge in [-0.1, -0.05) is 80.7 Å². The molecule has 0 nitrogen and oxygen atoms in total. The Labute approximate surface area is 141 Å². The fraction of sp³-hybridized carbons (Fsp3) is 1.00. The highest BCUT2D eigenvalue weighted by Crippen LogP contribution is 2.60. The largest absolute Gasteiger partial charge is 0.0684 e. The highest BCUT2D eigenvalue weighted by atomic mass is 28.3. The summed E-state index contributed by atoms with van der Waals surface area (Å²) in [5.41, 5.74) is 3.37. The van der Waals surface area contributed by atoms with E-state index in [1.54, 1.807) is 0 Å². The van der Waals surface area contributed by atoms with Gasteiger partial charge in [0, 0.05) is 0 Å². The topological polar surface area (TPSA) is 0 Å². The molecule has 0 aliphatic heterocycles. The third-order valence-corrected chi connectivity index (χ3v) is 15.8. The van der Waals surface area contributed by atoms with Crippen molar-refractivity contribution < 1.29 is 0 Å². The second-order valence-electron chi connectivity index (χ2n) is 11.4. The summed E-state index contributed by atoms with van der Waals surface area (Å²) in [6.45, 7) is 20.5. The molecular weight excluding hydrogens is 280 g/mol. The van der Waals surface area contributed by atoms with Gasteiger partial charge in [-0.25, -0.2) is 0 Å². The van der Waals surface area contributed by atoms with Crippen LogP contribution in [-0.2, 0) is 0 Å². The van der Waals surface area contributed by atoms with Gasteiger partial charge in [-0.3, -0.25) is 0 Å². The molecule has 130 valence electrons. The van der Waals surface area contributed by atoms with Gasteiger partial charge >= 0.3 is 0 Å². The fourth-order valence-electron chi connectivity index (χ4n) is 5.56. The lowest BCUT2D eigenvalue weighted by molar-refractivity contribution is 0.224. The van der Waals surface area contributed by atoms with Gasteiger partial charge < -0.3 is 0 Å². The van der Waals surface area contributed by atoms with E-state index in [0.717, 1.165) is 11.1 Å². The molecule has 0 aromatic rings. The fourth-order valence-corrected chi connectivity index (χ4v) is 11.6. The minimum absolute atomic E-state index is 0.561. The first-order valence-corrected chi connectivity index (χ1v) is 12.5. The normalized spacial score (nSPS) is 27.8. The van der Waals surface area contributed by atoms with Crippen LogP contribution in [-0.4, -0.2) is 8.07 Å². The van der Waals surface area contributed by atoms with Crippen molar-refractivity contribution in [1.29, 1.82) is 0 Å². The minimum atomic E-state index is -1.27. The second kappa shape index (κ2) is 5.94. The minimum Gasteiger partial charge on any atom is -0.0684 e. The summed E-state index contributed by atoms with van der Waals surface area (Å²) >= 11 is 0. The molecule has 0 spiro atoms. The summed E-state index contributed by atoms with van der Waals surface area (Å²) < 4.78 is 0. The SMILES string of the molecule is CC1(C)CCC([Si](C)(C2CCC(C)(C)CC2)C(C)(C)C)CC1. The number of rotatable bonds is 2. The van der Waals surface area contributed by atoms with Crippen LogP contribution in [0.3, 0.4) is 0 Å². The summed E-state index contributed by atoms with van der Waals surface area (Å²) in [7, 11) is -1.27. The summed E-state index contributed by atoms with van der Waals surface area (Å²) in [6, 6.07) is 0. The molecule has 2 saturated carbocycles. The quantitative estimate of drug-likeness (QED) is 0.455. The smallest absolute Gasteiger partial charge is 0.0621 e. The zero-order chi connectivity index (χ0) is 16.8. The molecule has 0 atom stereocenters. The van der Waals surface area contributed by atoms with Crippen LogP contribution in [0.15, 0.2) is 0 Å². The molecule has 2 fully saturated rings. The molecule has 0 saturated heterocycles. The Morgan fingerprint density at radius 3 is 1.18 bits per heavy atom. The van der Waals surface area contributed by atoms with Gasteiger partial charge in [-0.2, -0.15) is 0 Å². The van der Waals surface area contributed by atoms with Crippen LogP contribution in [0.4, 0.5) is 0 Å². The highest BCUT2D eigenvalue weighted by molar-refractivity contribution is 6.84. The van der Waals surface area contributed by atoms with E-state index in [1.165, 1.54) is 51.4 Å². The molecule has 0 radical (unpaired) electrons. The first kappa shape index (κ1) is 18.6. The summed E-state index contributed by atoms with van der Waals surface area (Å²) in [5, 5.41) is 0.561. The molecule has 2 aliphatic carbocycles. The van der Waals surface area contributed by atoms with Crippen LogP contribution in [0.2, 0.25) is 22.7 Å². The van der Waals surface area contributed by atoms with Gasteiger partial charge in [0.25, 0.3) is 0 Å². The third-order valence-electron chi connectivity index (χ3n) is 7.99. The van der Waals surface area contributed by atoms with Crippen molar-refractivity contribution in [1.82, 2.24) is 0 Å². The molecular formula is C21H42Si. The zero-order valence-electron chi connectivity index (χ0n) is 16.8. The average Bonchev–Trinajstić information content (AvgIpc) is 2.36. The Morgan fingerprint density at radius 1 is 0.682 bits per heavy atom. The predicted octanol–water partition coefficient (Wildman–Crippen LogP) is 7.81. The highest BCUT2D eigenvalue weighted by Gasteiger charge is 2.53. The van der Waals surface area contributed by atoms with Crippen LogP contribution in [0.5, 0.6) is 0 Å². The average molecular weight is 323 g/mol. The van der Waals surface area contributed by atoms with E-state index in [2.05, 4.69) is 55.0 Å². The van der Waals surface area contributed by atoms with Gasteiger partial charge in [0.2, 0.25) is 0 Å². The maximum Gasteiger partial charge on any atom is 0.0621 e. The lowest BCUT2D eigenvalue weighted by Gasteiger charge is -2.55. The van der Waals surface area contributed by atoms with Crippen molar-refractivity contribution in [2.45, 2.75) is 123 Å². The van der Waals surface area contributed by atoms with E-state index >= 15 is 0 Å². The van der Waals surface area contributed by atoms with Gasteiger partial charge in [0.05, 0.1) is 8.07 Å². The van der Waals surface area contributed by atoms with E-state index in [-0.39, 0.29) is 0 Å². The van der Waals surface area contributed by atoms with Crippen molar-refractivity contribution in [2.24, 2.45) is 10.8 Å². The molecule has 0 aromatic heterocycles. The lowest BCUT2D eigenvalue weighted by atomic mass is 9.77. The summed E-state index contributed by atoms with van der Waals surface area (Å²) in [6.07, 6.45) is 12.0. The summed E-state index contributed by atoms with van der Waals surface area (Å²) in [4.78, 5) is 0. The monoisotopic (exact) mass is 322 g/mol. The predicted molar refractivity (Wildman–Crippen MR) is 103 cm³/mol. The van der Waals surface area contributed by atoms with E-state index in [4.69, 9.17) is 0 Å². The second-order valence-corrected chi connectivity index (χ2v) is 17.1. The van der Waals surface area contributed by atoms with E-state index in [1.807, 2.05) is 0 Å². The standard InChI is InChI=1S/C21H42Si/c1-19(2,3)22(8,17-9-13-20(4,5)14-10-17)18-11-15-21(6,7)16-12-18/h17-18H,9-16H2,1-8H3. The Hall–Kier alpha value is 0.217. The van der Waals surface area contributed by atoms with Crippen LogP contribution in [0.1, 0.15) is 99.8 Å². The molecule has 0 heterocycles. The van der Waals surface area contributed by atoms with E-state index in [0.29, 0.717) is 15.9 Å². The van der Waals surface area contributed by atoms with Crippen molar-refractivity contribution in [3.05, 3.63) is 0 Å². The zero-order valence-corrected chi connectivity index (χ0v) is 17.8. The molecule has 0 aromatic carbocycles. The number of hydrogen-bond acceptors (Lipinski definition) is 0. The first-order chi connectivity index (χ1) is 9.87. The third kappa shape index (κ3) is 3.65. The van der Waals surface area contributed by atoms with E-state index < -0.39 is 8.07 Å². The van der Waals surface area contributed by atoms with Crippen molar-refractivity contribution in [3.8, 4) is 0 Å². The van der Waals surface area contributed by atoms with Crippen LogP contribution >= 0.6 is 0 Å². The van der Waals surface area contributed by atoms with Crippen LogP contribution in [0.25, 0.3) is 0 Å². The van der Waals surface area contributed by atoms with Crippen molar-refractivity contribution in [2.75, 3.05) is 0 Å². The molecule has 0 N–H and O–H groups in total. The van der Waals surface area contributed by atoms with Gasteiger partial charge in [0.1, 0.15) is 0 Å². The Balaban J connectivity index is 2.19. The van der Waals surface area contributed by atoms with Crippen LogP contribution in [0, 0.1) is 10.8 Å². The Morgan fingerprint density at radius 2 is 0.955 bits per heavy atom. The Bertz CT molecular complexity index is 337. The lowest BCUT2D eigenvalue weighted by Crippen LogP contribution is -2.52. The maximum atomic E-state index is 2.80. The van der Waals surface area contributed by atoms with Gasteiger partial charge in [-0.15, -0.1) is 0 Å². The van der Waals surface area contributed by atoms with Crippen molar-refractivity contribution >= 4 is 8.07 Å². The van der Waals surface area contributed by atoms with Gasteiger partial charge in [0.15, 0.2) is 0 Å². The molecule has 22 heavy (non-hydrogen) atoms. The molecule has 0 amide bonds. The molecule has 0 bridgehead atoms. The van der Waals surface area contributed by atoms with Gasteiger partial charge in [-0.05, 0) is 52.6 Å². The van der Waals surface area contributed by atoms with E-state index in [9.17, 15) is 0 Å². The molecule has 2 aliphatic rings. The van der Waals surface area contributed by atoms with Crippen molar-refractivity contribution in [3.63, 3.8) is 0 Å². The Kier molecular flexibility index (Phi) is 5.01. The van der Waals surface area contributed by atoms with Crippen LogP contribution < -0.4 is 0 Å². The molecule has 0 unspecified atom stereocenters. The summed E-state index contributed by atoms with van der Waals surface area (Å²) in [5.74, 6) is 0. The maximum absolute atomic E-state index is 2.80. The number of hydrogen-bond donors (Lipinski definition) is 0.